The van der Waals surface area contributed by atoms with Crippen molar-refractivity contribution in [2.45, 2.75) is 6.92 Å². The van der Waals surface area contributed by atoms with Crippen LogP contribution in [-0.4, -0.2) is 23.5 Å². The van der Waals surface area contributed by atoms with Crippen LogP contribution in [0.1, 0.15) is 27.6 Å². The number of carboxylic acids is 1. The molecule has 1 N–H and O–H groups in total. The van der Waals surface area contributed by atoms with Crippen LogP contribution >= 0.6 is 0 Å². The van der Waals surface area contributed by atoms with Gasteiger partial charge < -0.3 is 10.0 Å². The molecule has 2 aromatic carbocycles. The summed E-state index contributed by atoms with van der Waals surface area (Å²) < 4.78 is 0. The maximum atomic E-state index is 12.5. The number of nitrogens with zero attached hydrogens (tertiary/aromatic N) is 1. The van der Waals surface area contributed by atoms with E-state index in [0.29, 0.717) is 12.1 Å². The number of hydrogen-bond acceptors (Lipinski definition) is 2. The summed E-state index contributed by atoms with van der Waals surface area (Å²) >= 11 is 0. The zero-order valence-corrected chi connectivity index (χ0v) is 11.1. The number of carboxylic acid groups (broad SMARTS) is 1. The predicted octanol–water partition coefficient (Wildman–Crippen LogP) is 3.05. The van der Waals surface area contributed by atoms with Crippen molar-refractivity contribution >= 4 is 17.6 Å². The molecule has 4 heteroatoms. The van der Waals surface area contributed by atoms with Gasteiger partial charge in [0.15, 0.2) is 0 Å². The van der Waals surface area contributed by atoms with E-state index < -0.39 is 5.97 Å². The number of para-hydroxylation sites is 1. The molecule has 0 aliphatic rings. The Morgan fingerprint density at radius 1 is 1.00 bits per heavy atom. The van der Waals surface area contributed by atoms with Crippen molar-refractivity contribution < 1.29 is 14.7 Å². The van der Waals surface area contributed by atoms with E-state index in [2.05, 4.69) is 0 Å². The van der Waals surface area contributed by atoms with Gasteiger partial charge in [-0.25, -0.2) is 4.79 Å². The van der Waals surface area contributed by atoms with Gasteiger partial charge in [0.05, 0.1) is 5.56 Å². The van der Waals surface area contributed by atoms with E-state index in [9.17, 15) is 9.59 Å². The van der Waals surface area contributed by atoms with Gasteiger partial charge >= 0.3 is 5.97 Å². The Morgan fingerprint density at radius 2 is 1.65 bits per heavy atom. The molecule has 4 nitrogen and oxygen atoms in total. The van der Waals surface area contributed by atoms with E-state index >= 15 is 0 Å². The Balaban J connectivity index is 2.34. The van der Waals surface area contributed by atoms with Crippen LogP contribution in [0.25, 0.3) is 0 Å². The maximum absolute atomic E-state index is 12.5. The third kappa shape index (κ3) is 2.85. The fourth-order valence-electron chi connectivity index (χ4n) is 1.99. The summed E-state index contributed by atoms with van der Waals surface area (Å²) in [5.74, 6) is -1.25. The Labute approximate surface area is 117 Å². The van der Waals surface area contributed by atoms with Crippen molar-refractivity contribution in [1.29, 1.82) is 0 Å². The third-order valence-electron chi connectivity index (χ3n) is 2.99. The first-order valence-electron chi connectivity index (χ1n) is 6.33. The predicted molar refractivity (Wildman–Crippen MR) is 77.2 cm³/mol. The highest BCUT2D eigenvalue weighted by atomic mass is 16.4. The van der Waals surface area contributed by atoms with Crippen LogP contribution in [0, 0.1) is 0 Å². The van der Waals surface area contributed by atoms with Crippen LogP contribution in [0.3, 0.4) is 0 Å². The molecule has 0 aliphatic carbocycles. The molecule has 2 aromatic rings. The quantitative estimate of drug-likeness (QED) is 0.928. The smallest absolute Gasteiger partial charge is 0.335 e. The number of benzene rings is 2. The fourth-order valence-corrected chi connectivity index (χ4v) is 1.99. The first-order chi connectivity index (χ1) is 9.63. The molecule has 0 aromatic heterocycles. The molecule has 0 fully saturated rings. The number of amides is 1. The number of aromatic carboxylic acids is 1. The van der Waals surface area contributed by atoms with Gasteiger partial charge in [0.25, 0.3) is 5.91 Å². The van der Waals surface area contributed by atoms with Gasteiger partial charge in [-0.1, -0.05) is 24.3 Å². The van der Waals surface area contributed by atoms with Gasteiger partial charge in [-0.05, 0) is 37.3 Å². The molecule has 0 spiro atoms. The van der Waals surface area contributed by atoms with Crippen LogP contribution in [0.2, 0.25) is 0 Å². The second-order valence-electron chi connectivity index (χ2n) is 4.27. The van der Waals surface area contributed by atoms with Crippen LogP contribution in [0.4, 0.5) is 5.69 Å². The van der Waals surface area contributed by atoms with Crippen molar-refractivity contribution in [3.63, 3.8) is 0 Å². The molecule has 20 heavy (non-hydrogen) atoms. The molecule has 0 unspecified atom stereocenters. The monoisotopic (exact) mass is 269 g/mol. The standard InChI is InChI=1S/C16H15NO3/c1-2-17(14-9-4-3-5-10-14)15(18)12-7-6-8-13(11-12)16(19)20/h3-11H,2H2,1H3,(H,19,20). The molecule has 0 bridgehead atoms. The normalized spacial score (nSPS) is 10.1. The Morgan fingerprint density at radius 3 is 2.25 bits per heavy atom. The number of rotatable bonds is 4. The van der Waals surface area contributed by atoms with Gasteiger partial charge in [0, 0.05) is 17.8 Å². The number of hydrogen-bond donors (Lipinski definition) is 1. The molecule has 0 radical (unpaired) electrons. The maximum Gasteiger partial charge on any atom is 0.335 e. The fraction of sp³-hybridized carbons (Fsp3) is 0.125. The Kier molecular flexibility index (Phi) is 4.15. The van der Waals surface area contributed by atoms with Crippen molar-refractivity contribution in [3.8, 4) is 0 Å². The average molecular weight is 269 g/mol. The zero-order valence-electron chi connectivity index (χ0n) is 11.1. The molecule has 0 saturated carbocycles. The lowest BCUT2D eigenvalue weighted by molar-refractivity contribution is 0.0697. The van der Waals surface area contributed by atoms with E-state index in [1.165, 1.54) is 12.1 Å². The Hall–Kier alpha value is -2.62. The second kappa shape index (κ2) is 6.02. The van der Waals surface area contributed by atoms with Gasteiger partial charge in [0.2, 0.25) is 0 Å². The molecule has 0 atom stereocenters. The molecule has 102 valence electrons. The van der Waals surface area contributed by atoms with Gasteiger partial charge in [-0.15, -0.1) is 0 Å². The zero-order chi connectivity index (χ0) is 14.5. The van der Waals surface area contributed by atoms with Crippen LogP contribution in [-0.2, 0) is 0 Å². The highest BCUT2D eigenvalue weighted by Crippen LogP contribution is 2.17. The minimum atomic E-state index is -1.04. The number of anilines is 1. The number of carbonyl (C=O) groups is 2. The summed E-state index contributed by atoms with van der Waals surface area (Å²) in [5, 5.41) is 8.98. The largest absolute Gasteiger partial charge is 0.478 e. The van der Waals surface area contributed by atoms with E-state index in [1.54, 1.807) is 17.0 Å². The van der Waals surface area contributed by atoms with E-state index in [4.69, 9.17) is 5.11 Å². The second-order valence-corrected chi connectivity index (χ2v) is 4.27. The van der Waals surface area contributed by atoms with Crippen molar-refractivity contribution in [2.75, 3.05) is 11.4 Å². The van der Waals surface area contributed by atoms with E-state index in [-0.39, 0.29) is 11.5 Å². The summed E-state index contributed by atoms with van der Waals surface area (Å²) in [6.07, 6.45) is 0. The molecule has 0 saturated heterocycles. The van der Waals surface area contributed by atoms with Crippen LogP contribution < -0.4 is 4.90 Å². The SMILES string of the molecule is CCN(C(=O)c1cccc(C(=O)O)c1)c1ccccc1. The average Bonchev–Trinajstić information content (AvgIpc) is 2.49. The lowest BCUT2D eigenvalue weighted by Gasteiger charge is -2.21. The summed E-state index contributed by atoms with van der Waals surface area (Å²) in [6.45, 7) is 2.39. The molecular weight excluding hydrogens is 254 g/mol. The van der Waals surface area contributed by atoms with Crippen molar-refractivity contribution in [2.24, 2.45) is 0 Å². The highest BCUT2D eigenvalue weighted by Gasteiger charge is 2.17. The van der Waals surface area contributed by atoms with E-state index in [0.717, 1.165) is 5.69 Å². The third-order valence-corrected chi connectivity index (χ3v) is 2.99. The lowest BCUT2D eigenvalue weighted by Crippen LogP contribution is -2.30. The molecule has 2 rings (SSSR count). The first kappa shape index (κ1) is 13.8. The van der Waals surface area contributed by atoms with Gasteiger partial charge in [-0.3, -0.25) is 4.79 Å². The minimum Gasteiger partial charge on any atom is -0.478 e. The minimum absolute atomic E-state index is 0.111. The van der Waals surface area contributed by atoms with Crippen molar-refractivity contribution in [1.82, 2.24) is 0 Å². The topological polar surface area (TPSA) is 57.6 Å². The summed E-state index contributed by atoms with van der Waals surface area (Å²) in [4.78, 5) is 25.1. The van der Waals surface area contributed by atoms with Crippen LogP contribution in [0.15, 0.2) is 54.6 Å². The first-order valence-corrected chi connectivity index (χ1v) is 6.33. The van der Waals surface area contributed by atoms with E-state index in [1.807, 2.05) is 37.3 Å². The highest BCUT2D eigenvalue weighted by molar-refractivity contribution is 6.07. The Bertz CT molecular complexity index is 623. The number of carbonyl (C=O) groups excluding carboxylic acids is 1. The van der Waals surface area contributed by atoms with Crippen LogP contribution in [0.5, 0.6) is 0 Å². The molecule has 0 aliphatic heterocycles. The summed E-state index contributed by atoms with van der Waals surface area (Å²) in [6, 6.07) is 15.4. The van der Waals surface area contributed by atoms with Gasteiger partial charge in [-0.2, -0.15) is 0 Å². The molecule has 0 heterocycles. The molecule has 1 amide bonds. The summed E-state index contributed by atoms with van der Waals surface area (Å²) in [7, 11) is 0. The summed E-state index contributed by atoms with van der Waals surface area (Å²) in [5.41, 5.74) is 1.27. The van der Waals surface area contributed by atoms with Crippen molar-refractivity contribution in [3.05, 3.63) is 65.7 Å². The lowest BCUT2D eigenvalue weighted by atomic mass is 10.1. The van der Waals surface area contributed by atoms with Gasteiger partial charge in [0.1, 0.15) is 0 Å². The molecular formula is C16H15NO3.